The molecule has 3 atom stereocenters. The summed E-state index contributed by atoms with van der Waals surface area (Å²) in [6, 6.07) is 0. The lowest BCUT2D eigenvalue weighted by molar-refractivity contribution is -0.147. The maximum absolute atomic E-state index is 10.8. The summed E-state index contributed by atoms with van der Waals surface area (Å²) >= 11 is 0. The fourth-order valence-electron chi connectivity index (χ4n) is 1.05. The zero-order valence-corrected chi connectivity index (χ0v) is 9.14. The molecular formula is C7H14NO5P. The Bertz CT molecular complexity index is 256. The number of hydrogen-bond acceptors (Lipinski definition) is 4. The molecule has 3 unspecified atom stereocenters. The van der Waals surface area contributed by atoms with Gasteiger partial charge in [0.15, 0.2) is 0 Å². The number of carboxylic acid groups (broad SMARTS) is 1. The van der Waals surface area contributed by atoms with Crippen molar-refractivity contribution in [3.63, 3.8) is 0 Å². The first-order valence-electron chi connectivity index (χ1n) is 3.97. The third-order valence-electron chi connectivity index (χ3n) is 1.70. The predicted octanol–water partition coefficient (Wildman–Crippen LogP) is -0.569. The molecule has 0 bridgehead atoms. The molecule has 0 saturated carbocycles. The monoisotopic (exact) mass is 223 g/mol. The maximum Gasteiger partial charge on any atom is 0.329 e. The lowest BCUT2D eigenvalue weighted by Gasteiger charge is -2.26. The van der Waals surface area contributed by atoms with Gasteiger partial charge in [0.1, 0.15) is 11.4 Å². The molecule has 0 spiro atoms. The molecule has 0 fully saturated rings. The fourth-order valence-corrected chi connectivity index (χ4v) is 1.61. The molecule has 0 aromatic rings. The summed E-state index contributed by atoms with van der Waals surface area (Å²) in [5, 5.41) is 20.1. The largest absolute Gasteiger partial charge is 0.480 e. The van der Waals surface area contributed by atoms with Gasteiger partial charge in [-0.3, -0.25) is 4.79 Å². The van der Waals surface area contributed by atoms with Crippen LogP contribution in [0.4, 0.5) is 0 Å². The standard InChI is InChI=1S/C7H14NO5P/c1-4(9)8-7(2,6(11)12)3-5(10)14-13/h5,10H,3,14H2,1-2H3,(H,8,9)(H,11,12). The van der Waals surface area contributed by atoms with Gasteiger partial charge < -0.3 is 20.1 Å². The van der Waals surface area contributed by atoms with Crippen molar-refractivity contribution >= 4 is 20.3 Å². The van der Waals surface area contributed by atoms with Crippen LogP contribution in [0, 0.1) is 0 Å². The van der Waals surface area contributed by atoms with Crippen molar-refractivity contribution < 1.29 is 24.4 Å². The molecule has 0 aromatic heterocycles. The number of rotatable bonds is 5. The number of aliphatic carboxylic acids is 1. The SMILES string of the molecule is CC(=O)NC(C)(CC(O)[PH2]=O)C(=O)O. The molecule has 0 aliphatic carbocycles. The Balaban J connectivity index is 4.63. The van der Waals surface area contributed by atoms with Crippen LogP contribution in [-0.4, -0.2) is 33.5 Å². The summed E-state index contributed by atoms with van der Waals surface area (Å²) in [5.41, 5.74) is -1.57. The number of hydrogen-bond donors (Lipinski definition) is 3. The number of amides is 1. The molecule has 14 heavy (non-hydrogen) atoms. The Morgan fingerprint density at radius 3 is 2.36 bits per heavy atom. The van der Waals surface area contributed by atoms with E-state index < -0.39 is 31.7 Å². The molecule has 0 heterocycles. The molecule has 0 radical (unpaired) electrons. The van der Waals surface area contributed by atoms with Crippen molar-refractivity contribution in [2.24, 2.45) is 0 Å². The highest BCUT2D eigenvalue weighted by molar-refractivity contribution is 7.24. The van der Waals surface area contributed by atoms with Gasteiger partial charge in [0, 0.05) is 13.3 Å². The molecule has 1 amide bonds. The van der Waals surface area contributed by atoms with Crippen LogP contribution >= 0.6 is 8.46 Å². The van der Waals surface area contributed by atoms with E-state index in [0.29, 0.717) is 0 Å². The summed E-state index contributed by atoms with van der Waals surface area (Å²) in [6.07, 6.45) is -0.263. The molecule has 0 rings (SSSR count). The van der Waals surface area contributed by atoms with Crippen molar-refractivity contribution in [2.75, 3.05) is 0 Å². The second-order valence-corrected chi connectivity index (χ2v) is 4.27. The number of aliphatic hydroxyl groups is 1. The van der Waals surface area contributed by atoms with Crippen LogP contribution in [0.15, 0.2) is 0 Å². The van der Waals surface area contributed by atoms with Gasteiger partial charge in [-0.15, -0.1) is 0 Å². The second-order valence-electron chi connectivity index (χ2n) is 3.23. The van der Waals surface area contributed by atoms with E-state index in [0.717, 1.165) is 0 Å². The van der Waals surface area contributed by atoms with E-state index in [2.05, 4.69) is 5.32 Å². The highest BCUT2D eigenvalue weighted by Crippen LogP contribution is 2.18. The minimum Gasteiger partial charge on any atom is -0.480 e. The first kappa shape index (κ1) is 13.1. The predicted molar refractivity (Wildman–Crippen MR) is 50.9 cm³/mol. The number of carboxylic acids is 1. The minimum atomic E-state index is -1.57. The second kappa shape index (κ2) is 5.12. The van der Waals surface area contributed by atoms with Gasteiger partial charge in [-0.05, 0) is 6.92 Å². The average Bonchev–Trinajstić information content (AvgIpc) is 2.02. The summed E-state index contributed by atoms with van der Waals surface area (Å²) in [6.45, 7) is 2.44. The Labute approximate surface area is 82.5 Å². The topological polar surface area (TPSA) is 104 Å². The van der Waals surface area contributed by atoms with Crippen LogP contribution in [0.2, 0.25) is 0 Å². The summed E-state index contributed by atoms with van der Waals surface area (Å²) in [5.74, 6) is -2.97. The highest BCUT2D eigenvalue weighted by Gasteiger charge is 2.35. The van der Waals surface area contributed by atoms with Gasteiger partial charge in [0.05, 0.1) is 8.46 Å². The van der Waals surface area contributed by atoms with Crippen LogP contribution < -0.4 is 5.32 Å². The average molecular weight is 223 g/mol. The Kier molecular flexibility index (Phi) is 4.80. The van der Waals surface area contributed by atoms with Gasteiger partial charge >= 0.3 is 5.97 Å². The number of carbonyl (C=O) groups excluding carboxylic acids is 1. The molecule has 0 aromatic carbocycles. The van der Waals surface area contributed by atoms with Crippen LogP contribution in [0.5, 0.6) is 0 Å². The van der Waals surface area contributed by atoms with Gasteiger partial charge in [-0.2, -0.15) is 0 Å². The zero-order valence-electron chi connectivity index (χ0n) is 7.98. The first-order valence-corrected chi connectivity index (χ1v) is 5.11. The Morgan fingerprint density at radius 1 is 1.57 bits per heavy atom. The molecular weight excluding hydrogens is 209 g/mol. The van der Waals surface area contributed by atoms with Crippen molar-refractivity contribution in [1.29, 1.82) is 0 Å². The van der Waals surface area contributed by atoms with E-state index in [1.54, 1.807) is 0 Å². The Hall–Kier alpha value is -0.870. The third-order valence-corrected chi connectivity index (χ3v) is 2.25. The maximum atomic E-state index is 10.8. The van der Waals surface area contributed by atoms with Crippen molar-refractivity contribution in [1.82, 2.24) is 5.32 Å². The van der Waals surface area contributed by atoms with Gasteiger partial charge in [-0.1, -0.05) is 0 Å². The van der Waals surface area contributed by atoms with E-state index in [1.165, 1.54) is 13.8 Å². The van der Waals surface area contributed by atoms with E-state index in [-0.39, 0.29) is 6.42 Å². The molecule has 0 saturated heterocycles. The van der Waals surface area contributed by atoms with Crippen LogP contribution in [-0.2, 0) is 14.2 Å². The van der Waals surface area contributed by atoms with E-state index in [4.69, 9.17) is 10.2 Å². The highest BCUT2D eigenvalue weighted by atomic mass is 31.1. The number of aliphatic hydroxyl groups excluding tert-OH is 1. The van der Waals surface area contributed by atoms with E-state index in [1.807, 2.05) is 0 Å². The molecule has 0 aliphatic rings. The van der Waals surface area contributed by atoms with Crippen LogP contribution in [0.1, 0.15) is 20.3 Å². The zero-order chi connectivity index (χ0) is 11.4. The molecule has 0 aliphatic heterocycles. The first-order chi connectivity index (χ1) is 6.31. The lowest BCUT2D eigenvalue weighted by atomic mass is 9.98. The van der Waals surface area contributed by atoms with E-state index in [9.17, 15) is 14.2 Å². The number of nitrogens with one attached hydrogen (secondary N) is 1. The van der Waals surface area contributed by atoms with Gasteiger partial charge in [0.2, 0.25) is 5.91 Å². The molecule has 82 valence electrons. The summed E-state index contributed by atoms with van der Waals surface area (Å²) < 4.78 is 10.3. The summed E-state index contributed by atoms with van der Waals surface area (Å²) in [7, 11) is -1.47. The quantitative estimate of drug-likeness (QED) is 0.541. The minimum absolute atomic E-state index is 0.263. The molecule has 6 nitrogen and oxygen atoms in total. The normalized spacial score (nSPS) is 17.6. The summed E-state index contributed by atoms with van der Waals surface area (Å²) in [4.78, 5) is 21.5. The van der Waals surface area contributed by atoms with Crippen molar-refractivity contribution in [3.8, 4) is 0 Å². The smallest absolute Gasteiger partial charge is 0.329 e. The fraction of sp³-hybridized carbons (Fsp3) is 0.714. The van der Waals surface area contributed by atoms with Gasteiger partial charge in [-0.25, -0.2) is 4.79 Å². The number of carbonyl (C=O) groups is 2. The van der Waals surface area contributed by atoms with Crippen LogP contribution in [0.3, 0.4) is 0 Å². The molecule has 3 N–H and O–H groups in total. The van der Waals surface area contributed by atoms with E-state index >= 15 is 0 Å². The van der Waals surface area contributed by atoms with Crippen molar-refractivity contribution in [3.05, 3.63) is 0 Å². The van der Waals surface area contributed by atoms with Crippen molar-refractivity contribution in [2.45, 2.75) is 31.7 Å². The molecule has 7 heteroatoms. The Morgan fingerprint density at radius 2 is 2.07 bits per heavy atom. The third kappa shape index (κ3) is 3.89. The van der Waals surface area contributed by atoms with Crippen LogP contribution in [0.25, 0.3) is 0 Å². The van der Waals surface area contributed by atoms with Gasteiger partial charge in [0.25, 0.3) is 0 Å². The lowest BCUT2D eigenvalue weighted by Crippen LogP contribution is -2.52.